The summed E-state index contributed by atoms with van der Waals surface area (Å²) in [5.74, 6) is 0. The van der Waals surface area contributed by atoms with E-state index in [4.69, 9.17) is 0 Å². The van der Waals surface area contributed by atoms with Crippen molar-refractivity contribution in [1.82, 2.24) is 25.0 Å². The van der Waals surface area contributed by atoms with Crippen LogP contribution in [0.15, 0.2) is 61.1 Å². The van der Waals surface area contributed by atoms with Gasteiger partial charge in [-0.1, -0.05) is 23.4 Å². The number of nitriles is 2. The second-order valence-corrected chi connectivity index (χ2v) is 12.0. The Morgan fingerprint density at radius 3 is 2.50 bits per heavy atom. The van der Waals surface area contributed by atoms with Crippen LogP contribution in [0.4, 0.5) is 24.5 Å². The van der Waals surface area contributed by atoms with Gasteiger partial charge in [-0.25, -0.2) is 4.68 Å². The van der Waals surface area contributed by atoms with E-state index in [1.165, 1.54) is 6.20 Å². The van der Waals surface area contributed by atoms with E-state index in [0.717, 1.165) is 43.2 Å². The molecule has 1 atom stereocenters. The quantitative estimate of drug-likeness (QED) is 0.200. The van der Waals surface area contributed by atoms with Crippen LogP contribution in [0.5, 0.6) is 0 Å². The van der Waals surface area contributed by atoms with E-state index in [0.29, 0.717) is 16.8 Å². The highest BCUT2D eigenvalue weighted by Crippen LogP contribution is 2.43. The molecule has 9 nitrogen and oxygen atoms in total. The molecule has 0 spiro atoms. The van der Waals surface area contributed by atoms with Crippen molar-refractivity contribution in [2.45, 2.75) is 51.4 Å². The number of hydrogen-bond acceptors (Lipinski definition) is 8. The van der Waals surface area contributed by atoms with Crippen LogP contribution in [-0.4, -0.2) is 37.7 Å². The van der Waals surface area contributed by atoms with Crippen LogP contribution in [0.25, 0.3) is 21.8 Å². The first-order valence-corrected chi connectivity index (χ1v) is 14.0. The maximum absolute atomic E-state index is 13.7. The number of pyridine rings is 2. The fourth-order valence-electron chi connectivity index (χ4n) is 5.10. The standard InChI is InChI=1S/C32H28F3N9/c1-30(2,32(33,34)35)18-40-28-20(15-37)16-39-27-19(14-36)12-21(13-24(27)28)41-29(26-17-44(43-42-26)31(3)9-10-31)23-6-4-8-25-22(23)7-5-11-38-25/h4-8,11-13,16-17,29,41H,9-10,18H2,1-3H3,(H,39,40)/t29-/m0/s1. The fourth-order valence-corrected chi connectivity index (χ4v) is 5.10. The first kappa shape index (κ1) is 28.9. The predicted molar refractivity (Wildman–Crippen MR) is 160 cm³/mol. The Hall–Kier alpha value is -5.23. The third-order valence-electron chi connectivity index (χ3n) is 8.32. The maximum atomic E-state index is 13.7. The summed E-state index contributed by atoms with van der Waals surface area (Å²) in [6, 6.07) is 16.6. The minimum atomic E-state index is -4.48. The lowest BCUT2D eigenvalue weighted by molar-refractivity contribution is -0.206. The summed E-state index contributed by atoms with van der Waals surface area (Å²) in [6.45, 7) is 3.80. The molecule has 0 unspecified atom stereocenters. The Morgan fingerprint density at radius 2 is 1.80 bits per heavy atom. The molecule has 1 fully saturated rings. The molecule has 44 heavy (non-hydrogen) atoms. The van der Waals surface area contributed by atoms with E-state index in [1.54, 1.807) is 18.3 Å². The van der Waals surface area contributed by atoms with Crippen LogP contribution in [0.2, 0.25) is 0 Å². The van der Waals surface area contributed by atoms with Gasteiger partial charge >= 0.3 is 6.18 Å². The van der Waals surface area contributed by atoms with Crippen molar-refractivity contribution in [1.29, 1.82) is 10.5 Å². The number of hydrogen-bond donors (Lipinski definition) is 2. The molecule has 0 bridgehead atoms. The summed E-state index contributed by atoms with van der Waals surface area (Å²) in [5.41, 5.74) is 1.32. The molecule has 1 saturated carbocycles. The van der Waals surface area contributed by atoms with E-state index < -0.39 is 24.2 Å². The Bertz CT molecular complexity index is 1970. The first-order chi connectivity index (χ1) is 20.9. The number of halogens is 3. The number of anilines is 2. The molecule has 2 aromatic carbocycles. The van der Waals surface area contributed by atoms with Crippen LogP contribution < -0.4 is 10.6 Å². The molecule has 0 amide bonds. The summed E-state index contributed by atoms with van der Waals surface area (Å²) in [4.78, 5) is 8.82. The van der Waals surface area contributed by atoms with Gasteiger partial charge in [0.1, 0.15) is 17.8 Å². The normalized spacial score (nSPS) is 15.0. The number of alkyl halides is 3. The molecule has 3 heterocycles. The van der Waals surface area contributed by atoms with Gasteiger partial charge in [0, 0.05) is 35.4 Å². The fraction of sp³-hybridized carbons (Fsp3) is 0.312. The molecule has 0 saturated heterocycles. The molecule has 3 aromatic heterocycles. The monoisotopic (exact) mass is 595 g/mol. The lowest BCUT2D eigenvalue weighted by Crippen LogP contribution is -2.38. The molecular formula is C32H28F3N9. The first-order valence-electron chi connectivity index (χ1n) is 14.0. The van der Waals surface area contributed by atoms with E-state index in [1.807, 2.05) is 47.3 Å². The molecule has 0 radical (unpaired) electrons. The number of aromatic nitrogens is 5. The second kappa shape index (κ2) is 10.5. The van der Waals surface area contributed by atoms with Gasteiger partial charge in [0.2, 0.25) is 0 Å². The zero-order valence-corrected chi connectivity index (χ0v) is 24.2. The van der Waals surface area contributed by atoms with Crippen molar-refractivity contribution in [2.75, 3.05) is 17.2 Å². The van der Waals surface area contributed by atoms with Gasteiger partial charge in [0.15, 0.2) is 0 Å². The predicted octanol–water partition coefficient (Wildman–Crippen LogP) is 6.83. The Kier molecular flexibility index (Phi) is 6.88. The Balaban J connectivity index is 1.49. The van der Waals surface area contributed by atoms with Crippen molar-refractivity contribution in [3.63, 3.8) is 0 Å². The van der Waals surface area contributed by atoms with Gasteiger partial charge in [-0.3, -0.25) is 9.97 Å². The molecule has 1 aliphatic carbocycles. The highest BCUT2D eigenvalue weighted by Gasteiger charge is 2.47. The van der Waals surface area contributed by atoms with Crippen molar-refractivity contribution in [2.24, 2.45) is 5.41 Å². The zero-order chi connectivity index (χ0) is 31.3. The van der Waals surface area contributed by atoms with Crippen LogP contribution in [0, 0.1) is 28.1 Å². The average molecular weight is 596 g/mol. The van der Waals surface area contributed by atoms with Crippen molar-refractivity contribution < 1.29 is 13.2 Å². The van der Waals surface area contributed by atoms with Gasteiger partial charge < -0.3 is 10.6 Å². The number of fused-ring (bicyclic) bond motifs is 2. The van der Waals surface area contributed by atoms with Gasteiger partial charge in [-0.15, -0.1) is 5.10 Å². The summed E-state index contributed by atoms with van der Waals surface area (Å²) >= 11 is 0. The van der Waals surface area contributed by atoms with Crippen LogP contribution >= 0.6 is 0 Å². The van der Waals surface area contributed by atoms with Crippen LogP contribution in [0.3, 0.4) is 0 Å². The Labute approximate surface area is 251 Å². The SMILES string of the molecule is CC1(n2cc([C@@H](Nc3cc(C#N)c4ncc(C#N)c(NCC(C)(C)C(F)(F)F)c4c3)c3cccc4ncccc34)nn2)CC1. The lowest BCUT2D eigenvalue weighted by Gasteiger charge is -2.28. The second-order valence-electron chi connectivity index (χ2n) is 12.0. The van der Waals surface area contributed by atoms with Crippen LogP contribution in [0.1, 0.15) is 62.0 Å². The van der Waals surface area contributed by atoms with Crippen LogP contribution in [-0.2, 0) is 5.54 Å². The average Bonchev–Trinajstić information content (AvgIpc) is 3.55. The molecule has 5 aromatic rings. The molecule has 1 aliphatic rings. The molecule has 6 rings (SSSR count). The summed E-state index contributed by atoms with van der Waals surface area (Å²) in [7, 11) is 0. The van der Waals surface area contributed by atoms with Gasteiger partial charge in [0.05, 0.1) is 51.0 Å². The van der Waals surface area contributed by atoms with E-state index in [9.17, 15) is 23.7 Å². The number of nitrogens with one attached hydrogen (secondary N) is 2. The van der Waals surface area contributed by atoms with E-state index >= 15 is 0 Å². The lowest BCUT2D eigenvalue weighted by atomic mass is 9.92. The summed E-state index contributed by atoms with van der Waals surface area (Å²) in [6.07, 6.45) is 2.41. The maximum Gasteiger partial charge on any atom is 0.395 e. The smallest absolute Gasteiger partial charge is 0.382 e. The van der Waals surface area contributed by atoms with Gasteiger partial charge in [0.25, 0.3) is 0 Å². The molecule has 222 valence electrons. The third-order valence-corrected chi connectivity index (χ3v) is 8.32. The van der Waals surface area contributed by atoms with Gasteiger partial charge in [-0.2, -0.15) is 23.7 Å². The molecule has 12 heteroatoms. The molecule has 2 N–H and O–H groups in total. The third kappa shape index (κ3) is 5.13. The number of nitrogens with zero attached hydrogens (tertiary/aromatic N) is 7. The minimum absolute atomic E-state index is 0.0637. The highest BCUT2D eigenvalue weighted by atomic mass is 19.4. The largest absolute Gasteiger partial charge is 0.395 e. The van der Waals surface area contributed by atoms with Crippen molar-refractivity contribution in [3.8, 4) is 12.1 Å². The highest BCUT2D eigenvalue weighted by molar-refractivity contribution is 5.99. The number of benzene rings is 2. The number of rotatable bonds is 8. The summed E-state index contributed by atoms with van der Waals surface area (Å²) < 4.78 is 42.9. The van der Waals surface area contributed by atoms with Gasteiger partial charge in [-0.05, 0) is 63.4 Å². The van der Waals surface area contributed by atoms with E-state index in [-0.39, 0.29) is 27.9 Å². The summed E-state index contributed by atoms with van der Waals surface area (Å²) in [5, 5.41) is 36.4. The molecule has 0 aliphatic heterocycles. The minimum Gasteiger partial charge on any atom is -0.382 e. The zero-order valence-electron chi connectivity index (χ0n) is 24.2. The molecular weight excluding hydrogens is 567 g/mol. The topological polar surface area (TPSA) is 128 Å². The van der Waals surface area contributed by atoms with Crippen molar-refractivity contribution in [3.05, 3.63) is 83.4 Å². The van der Waals surface area contributed by atoms with E-state index in [2.05, 4.69) is 43.9 Å². The van der Waals surface area contributed by atoms with Crippen molar-refractivity contribution >= 4 is 33.2 Å². The Morgan fingerprint density at radius 1 is 1.02 bits per heavy atom.